The number of H-pyrrole nitrogens is 1. The Morgan fingerprint density at radius 2 is 1.88 bits per heavy atom. The lowest BCUT2D eigenvalue weighted by Gasteiger charge is -2.04. The highest BCUT2D eigenvalue weighted by Crippen LogP contribution is 2.20. The number of aromatic amines is 1. The molecule has 0 radical (unpaired) electrons. The summed E-state index contributed by atoms with van der Waals surface area (Å²) >= 11 is 0. The SMILES string of the molecule is Nc1n[nH]c2nc(Nc3ccccc3)ccc12. The van der Waals surface area contributed by atoms with Crippen LogP contribution >= 0.6 is 0 Å². The summed E-state index contributed by atoms with van der Waals surface area (Å²) in [6.45, 7) is 0. The number of nitrogen functional groups attached to an aromatic ring is 1. The minimum absolute atomic E-state index is 0.471. The topological polar surface area (TPSA) is 79.6 Å². The van der Waals surface area contributed by atoms with E-state index in [2.05, 4.69) is 20.5 Å². The van der Waals surface area contributed by atoms with Crippen LogP contribution in [-0.4, -0.2) is 15.2 Å². The van der Waals surface area contributed by atoms with Crippen LogP contribution in [0.1, 0.15) is 0 Å². The molecule has 4 N–H and O–H groups in total. The first kappa shape index (κ1) is 9.65. The van der Waals surface area contributed by atoms with Crippen molar-refractivity contribution in [1.29, 1.82) is 0 Å². The van der Waals surface area contributed by atoms with E-state index in [1.165, 1.54) is 0 Å². The average Bonchev–Trinajstić information content (AvgIpc) is 2.72. The van der Waals surface area contributed by atoms with Gasteiger partial charge >= 0.3 is 0 Å². The Morgan fingerprint density at radius 1 is 1.06 bits per heavy atom. The molecule has 0 saturated heterocycles. The number of hydrogen-bond donors (Lipinski definition) is 3. The average molecular weight is 225 g/mol. The fraction of sp³-hybridized carbons (Fsp3) is 0. The van der Waals surface area contributed by atoms with Crippen LogP contribution in [0.3, 0.4) is 0 Å². The quantitative estimate of drug-likeness (QED) is 0.625. The number of rotatable bonds is 2. The van der Waals surface area contributed by atoms with Gasteiger partial charge in [-0.2, -0.15) is 5.10 Å². The third-order valence-corrected chi connectivity index (χ3v) is 2.50. The van der Waals surface area contributed by atoms with Crippen molar-refractivity contribution >= 4 is 28.4 Å². The number of nitrogens with one attached hydrogen (secondary N) is 2. The largest absolute Gasteiger partial charge is 0.382 e. The number of aromatic nitrogens is 3. The summed E-state index contributed by atoms with van der Waals surface area (Å²) in [5.74, 6) is 1.23. The standard InChI is InChI=1S/C12H11N5/c13-11-9-6-7-10(15-12(9)17-16-11)14-8-4-2-1-3-5-8/h1-7H,(H4,13,14,15,16,17). The highest BCUT2D eigenvalue weighted by atomic mass is 15.2. The molecule has 2 aromatic heterocycles. The fourth-order valence-electron chi connectivity index (χ4n) is 1.66. The third kappa shape index (κ3) is 1.78. The lowest BCUT2D eigenvalue weighted by Crippen LogP contribution is -1.93. The fourth-order valence-corrected chi connectivity index (χ4v) is 1.66. The molecule has 3 aromatic rings. The number of para-hydroxylation sites is 1. The second kappa shape index (κ2) is 3.79. The van der Waals surface area contributed by atoms with E-state index in [1.54, 1.807) is 0 Å². The molecule has 0 fully saturated rings. The molecule has 0 unspecified atom stereocenters. The first-order valence-electron chi connectivity index (χ1n) is 5.25. The predicted octanol–water partition coefficient (Wildman–Crippen LogP) is 2.28. The van der Waals surface area contributed by atoms with Gasteiger partial charge in [-0.3, -0.25) is 5.10 Å². The molecule has 5 heteroatoms. The summed E-state index contributed by atoms with van der Waals surface area (Å²) in [7, 11) is 0. The molecule has 17 heavy (non-hydrogen) atoms. The monoisotopic (exact) mass is 225 g/mol. The van der Waals surface area contributed by atoms with Gasteiger partial charge in [0.25, 0.3) is 0 Å². The Labute approximate surface area is 97.7 Å². The molecular formula is C12H11N5. The lowest BCUT2D eigenvalue weighted by molar-refractivity contribution is 1.10. The molecule has 1 aromatic carbocycles. The smallest absolute Gasteiger partial charge is 0.159 e. The second-order valence-electron chi connectivity index (χ2n) is 3.69. The van der Waals surface area contributed by atoms with Crippen LogP contribution in [0.2, 0.25) is 0 Å². The van der Waals surface area contributed by atoms with E-state index >= 15 is 0 Å². The van der Waals surface area contributed by atoms with E-state index in [9.17, 15) is 0 Å². The van der Waals surface area contributed by atoms with Gasteiger partial charge in [-0.1, -0.05) is 18.2 Å². The maximum absolute atomic E-state index is 5.68. The zero-order valence-electron chi connectivity index (χ0n) is 9.01. The van der Waals surface area contributed by atoms with Crippen LogP contribution in [0.15, 0.2) is 42.5 Å². The van der Waals surface area contributed by atoms with Crippen LogP contribution in [0.25, 0.3) is 11.0 Å². The van der Waals surface area contributed by atoms with Gasteiger partial charge in [-0.25, -0.2) is 4.98 Å². The van der Waals surface area contributed by atoms with Crippen molar-refractivity contribution in [2.75, 3.05) is 11.1 Å². The Hall–Kier alpha value is -2.56. The van der Waals surface area contributed by atoms with Crippen LogP contribution in [-0.2, 0) is 0 Å². The molecule has 0 aliphatic heterocycles. The van der Waals surface area contributed by atoms with Gasteiger partial charge in [0.2, 0.25) is 0 Å². The molecule has 0 spiro atoms. The molecule has 0 atom stereocenters. The van der Waals surface area contributed by atoms with Crippen LogP contribution < -0.4 is 11.1 Å². The number of nitrogens with two attached hydrogens (primary N) is 1. The van der Waals surface area contributed by atoms with Gasteiger partial charge in [-0.15, -0.1) is 0 Å². The molecule has 0 amide bonds. The van der Waals surface area contributed by atoms with Crippen molar-refractivity contribution in [1.82, 2.24) is 15.2 Å². The maximum atomic E-state index is 5.68. The summed E-state index contributed by atoms with van der Waals surface area (Å²) in [6.07, 6.45) is 0. The zero-order chi connectivity index (χ0) is 11.7. The van der Waals surface area contributed by atoms with Gasteiger partial charge in [-0.05, 0) is 24.3 Å². The molecule has 3 rings (SSSR count). The number of pyridine rings is 1. The van der Waals surface area contributed by atoms with E-state index in [4.69, 9.17) is 5.73 Å². The van der Waals surface area contributed by atoms with Gasteiger partial charge in [0.1, 0.15) is 5.82 Å². The molecule has 2 heterocycles. The third-order valence-electron chi connectivity index (χ3n) is 2.50. The molecule has 0 saturated carbocycles. The Bertz CT molecular complexity index is 644. The van der Waals surface area contributed by atoms with E-state index in [1.807, 2.05) is 42.5 Å². The van der Waals surface area contributed by atoms with Crippen molar-refractivity contribution in [3.05, 3.63) is 42.5 Å². The Kier molecular flexibility index (Phi) is 2.15. The molecule has 0 aliphatic rings. The van der Waals surface area contributed by atoms with Crippen molar-refractivity contribution in [3.63, 3.8) is 0 Å². The van der Waals surface area contributed by atoms with Crippen molar-refractivity contribution in [3.8, 4) is 0 Å². The van der Waals surface area contributed by atoms with Crippen LogP contribution in [0, 0.1) is 0 Å². The molecular weight excluding hydrogens is 214 g/mol. The summed E-state index contributed by atoms with van der Waals surface area (Å²) in [4.78, 5) is 4.38. The van der Waals surface area contributed by atoms with E-state index < -0.39 is 0 Å². The summed E-state index contributed by atoms with van der Waals surface area (Å²) in [6, 6.07) is 13.6. The van der Waals surface area contributed by atoms with Crippen molar-refractivity contribution < 1.29 is 0 Å². The minimum atomic E-state index is 0.471. The summed E-state index contributed by atoms with van der Waals surface area (Å²) < 4.78 is 0. The first-order valence-corrected chi connectivity index (χ1v) is 5.25. The van der Waals surface area contributed by atoms with E-state index in [-0.39, 0.29) is 0 Å². The maximum Gasteiger partial charge on any atom is 0.159 e. The van der Waals surface area contributed by atoms with Gasteiger partial charge in [0, 0.05) is 5.69 Å². The highest BCUT2D eigenvalue weighted by molar-refractivity contribution is 5.87. The highest BCUT2D eigenvalue weighted by Gasteiger charge is 2.04. The summed E-state index contributed by atoms with van der Waals surface area (Å²) in [5, 5.41) is 10.7. The summed E-state index contributed by atoms with van der Waals surface area (Å²) in [5.41, 5.74) is 7.35. The normalized spacial score (nSPS) is 10.6. The molecule has 0 bridgehead atoms. The number of hydrogen-bond acceptors (Lipinski definition) is 4. The Morgan fingerprint density at radius 3 is 2.71 bits per heavy atom. The second-order valence-corrected chi connectivity index (χ2v) is 3.69. The van der Waals surface area contributed by atoms with Crippen LogP contribution in [0.4, 0.5) is 17.3 Å². The minimum Gasteiger partial charge on any atom is -0.382 e. The first-order chi connectivity index (χ1) is 8.33. The molecule has 0 aliphatic carbocycles. The van der Waals surface area contributed by atoms with E-state index in [0.29, 0.717) is 11.5 Å². The molecule has 84 valence electrons. The lowest BCUT2D eigenvalue weighted by atomic mass is 10.3. The van der Waals surface area contributed by atoms with Crippen molar-refractivity contribution in [2.24, 2.45) is 0 Å². The number of anilines is 3. The number of fused-ring (bicyclic) bond motifs is 1. The van der Waals surface area contributed by atoms with E-state index in [0.717, 1.165) is 16.9 Å². The van der Waals surface area contributed by atoms with Gasteiger partial charge < -0.3 is 11.1 Å². The van der Waals surface area contributed by atoms with Crippen molar-refractivity contribution in [2.45, 2.75) is 0 Å². The predicted molar refractivity (Wildman–Crippen MR) is 68.0 cm³/mol. The number of benzene rings is 1. The van der Waals surface area contributed by atoms with Gasteiger partial charge in [0.15, 0.2) is 11.5 Å². The molecule has 5 nitrogen and oxygen atoms in total. The zero-order valence-corrected chi connectivity index (χ0v) is 9.01. The number of nitrogens with zero attached hydrogens (tertiary/aromatic N) is 2. The Balaban J connectivity index is 1.96. The van der Waals surface area contributed by atoms with Gasteiger partial charge in [0.05, 0.1) is 5.39 Å². The van der Waals surface area contributed by atoms with Crippen LogP contribution in [0.5, 0.6) is 0 Å².